The number of nitrogens with one attached hydrogen (secondary N) is 2. The molecule has 0 saturated carbocycles. The van der Waals surface area contributed by atoms with Gasteiger partial charge in [0.1, 0.15) is 5.01 Å². The van der Waals surface area contributed by atoms with Gasteiger partial charge in [-0.3, -0.25) is 4.79 Å². The molecule has 10 heteroatoms. The number of aromatic nitrogens is 2. The molecule has 1 aromatic carbocycles. The van der Waals surface area contributed by atoms with E-state index in [2.05, 4.69) is 20.8 Å². The number of amides is 3. The highest BCUT2D eigenvalue weighted by molar-refractivity contribution is 7.13. The minimum absolute atomic E-state index is 0.126. The van der Waals surface area contributed by atoms with Crippen molar-refractivity contribution in [3.63, 3.8) is 0 Å². The molecule has 1 aromatic heterocycles. The van der Waals surface area contributed by atoms with Crippen LogP contribution in [0.25, 0.3) is 0 Å². The molecule has 0 aliphatic carbocycles. The van der Waals surface area contributed by atoms with Crippen LogP contribution in [-0.4, -0.2) is 53.8 Å². The second kappa shape index (κ2) is 9.81. The van der Waals surface area contributed by atoms with Crippen LogP contribution < -0.4 is 10.6 Å². The maximum atomic E-state index is 12.4. The summed E-state index contributed by atoms with van der Waals surface area (Å²) in [4.78, 5) is 26.6. The molecule has 0 bridgehead atoms. The summed E-state index contributed by atoms with van der Waals surface area (Å²) < 4.78 is 4.99. The van der Waals surface area contributed by atoms with E-state index in [-0.39, 0.29) is 23.0 Å². The third-order valence-electron chi connectivity index (χ3n) is 4.32. The summed E-state index contributed by atoms with van der Waals surface area (Å²) in [5.74, 6) is -0.348. The van der Waals surface area contributed by atoms with E-state index in [1.54, 1.807) is 36.3 Å². The van der Waals surface area contributed by atoms with Crippen molar-refractivity contribution in [2.75, 3.05) is 32.1 Å². The van der Waals surface area contributed by atoms with Gasteiger partial charge < -0.3 is 20.3 Å². The lowest BCUT2D eigenvalue weighted by Gasteiger charge is -2.23. The third kappa shape index (κ3) is 5.18. The first-order valence-corrected chi connectivity index (χ1v) is 10.2. The van der Waals surface area contributed by atoms with E-state index in [1.807, 2.05) is 0 Å². The number of hydrogen-bond donors (Lipinski definition) is 2. The zero-order valence-electron chi connectivity index (χ0n) is 15.5. The number of carbonyl (C=O) groups excluding carboxylic acids is 2. The van der Waals surface area contributed by atoms with Gasteiger partial charge in [-0.1, -0.05) is 29.0 Å². The molecule has 3 rings (SSSR count). The Bertz CT molecular complexity index is 831. The van der Waals surface area contributed by atoms with E-state index in [9.17, 15) is 9.59 Å². The Morgan fingerprint density at radius 2 is 2.25 bits per heavy atom. The monoisotopic (exact) mass is 423 g/mol. The SMILES string of the molecule is COCCCNC(=O)N1CCCC1c1nnc(C(=O)Nc2cccc(Cl)c2)s1. The van der Waals surface area contributed by atoms with Crippen LogP contribution in [0.4, 0.5) is 10.5 Å². The summed E-state index contributed by atoms with van der Waals surface area (Å²) in [6.45, 7) is 1.81. The molecule has 3 amide bonds. The van der Waals surface area contributed by atoms with Crippen molar-refractivity contribution in [1.82, 2.24) is 20.4 Å². The molecular weight excluding hydrogens is 402 g/mol. The number of rotatable bonds is 7. The van der Waals surface area contributed by atoms with Crippen LogP contribution in [0.2, 0.25) is 5.02 Å². The quantitative estimate of drug-likeness (QED) is 0.666. The Hall–Kier alpha value is -2.23. The lowest BCUT2D eigenvalue weighted by molar-refractivity contribution is 0.102. The first-order valence-electron chi connectivity index (χ1n) is 9.02. The van der Waals surface area contributed by atoms with Crippen LogP contribution in [-0.2, 0) is 4.74 Å². The van der Waals surface area contributed by atoms with E-state index < -0.39 is 0 Å². The highest BCUT2D eigenvalue weighted by Gasteiger charge is 2.33. The minimum Gasteiger partial charge on any atom is -0.385 e. The predicted molar refractivity (Wildman–Crippen MR) is 108 cm³/mol. The maximum absolute atomic E-state index is 12.4. The van der Waals surface area contributed by atoms with Crippen molar-refractivity contribution < 1.29 is 14.3 Å². The van der Waals surface area contributed by atoms with E-state index in [1.165, 1.54) is 11.3 Å². The lowest BCUT2D eigenvalue weighted by Crippen LogP contribution is -2.40. The molecule has 28 heavy (non-hydrogen) atoms. The normalized spacial score (nSPS) is 16.2. The Morgan fingerprint density at radius 3 is 3.04 bits per heavy atom. The number of nitrogens with zero attached hydrogens (tertiary/aromatic N) is 3. The van der Waals surface area contributed by atoms with E-state index in [0.717, 1.165) is 19.3 Å². The van der Waals surface area contributed by atoms with E-state index in [4.69, 9.17) is 16.3 Å². The number of ether oxygens (including phenoxy) is 1. The number of halogens is 1. The molecule has 0 spiro atoms. The van der Waals surface area contributed by atoms with Crippen LogP contribution in [0.5, 0.6) is 0 Å². The standard InChI is InChI=1S/C18H22ClN5O3S/c1-27-10-4-8-20-18(26)24-9-3-7-14(24)16-22-23-17(28-16)15(25)21-13-6-2-5-12(19)11-13/h2,5-6,11,14H,3-4,7-10H2,1H3,(H,20,26)(H,21,25). The van der Waals surface area contributed by atoms with Gasteiger partial charge in [0.15, 0.2) is 0 Å². The molecule has 1 saturated heterocycles. The van der Waals surface area contributed by atoms with Gasteiger partial charge in [0.2, 0.25) is 5.01 Å². The Kier molecular flexibility index (Phi) is 7.18. The average Bonchev–Trinajstić information content (AvgIpc) is 3.34. The molecule has 1 atom stereocenters. The summed E-state index contributed by atoms with van der Waals surface area (Å²) in [5.41, 5.74) is 0.590. The van der Waals surface area contributed by atoms with Crippen LogP contribution in [0.15, 0.2) is 24.3 Å². The maximum Gasteiger partial charge on any atom is 0.317 e. The molecule has 2 aromatic rings. The zero-order chi connectivity index (χ0) is 19.9. The molecule has 2 N–H and O–H groups in total. The van der Waals surface area contributed by atoms with Crippen molar-refractivity contribution in [1.29, 1.82) is 0 Å². The summed E-state index contributed by atoms with van der Waals surface area (Å²) in [7, 11) is 1.63. The van der Waals surface area contributed by atoms with Crippen molar-refractivity contribution in [3.8, 4) is 0 Å². The Balaban J connectivity index is 1.61. The molecule has 1 aliphatic heterocycles. The third-order valence-corrected chi connectivity index (χ3v) is 5.58. The second-order valence-electron chi connectivity index (χ2n) is 6.34. The second-order valence-corrected chi connectivity index (χ2v) is 7.79. The van der Waals surface area contributed by atoms with Crippen molar-refractivity contribution in [3.05, 3.63) is 39.3 Å². The predicted octanol–water partition coefficient (Wildman–Crippen LogP) is 3.33. The molecule has 2 heterocycles. The summed E-state index contributed by atoms with van der Waals surface area (Å²) >= 11 is 7.14. The lowest BCUT2D eigenvalue weighted by atomic mass is 10.2. The Labute approximate surface area is 172 Å². The number of hydrogen-bond acceptors (Lipinski definition) is 6. The number of likely N-dealkylation sites (tertiary alicyclic amines) is 1. The minimum atomic E-state index is -0.348. The molecule has 1 aliphatic rings. The topological polar surface area (TPSA) is 96.4 Å². The number of benzene rings is 1. The first kappa shape index (κ1) is 20.5. The highest BCUT2D eigenvalue weighted by atomic mass is 35.5. The zero-order valence-corrected chi connectivity index (χ0v) is 17.1. The van der Waals surface area contributed by atoms with Gasteiger partial charge in [0.25, 0.3) is 5.91 Å². The van der Waals surface area contributed by atoms with Gasteiger partial charge in [0, 0.05) is 37.5 Å². The highest BCUT2D eigenvalue weighted by Crippen LogP contribution is 2.33. The van der Waals surface area contributed by atoms with Crippen molar-refractivity contribution >= 4 is 40.6 Å². The van der Waals surface area contributed by atoms with Gasteiger partial charge >= 0.3 is 6.03 Å². The molecule has 8 nitrogen and oxygen atoms in total. The average molecular weight is 424 g/mol. The summed E-state index contributed by atoms with van der Waals surface area (Å²) in [6.07, 6.45) is 2.45. The molecule has 0 radical (unpaired) electrons. The van der Waals surface area contributed by atoms with E-state index in [0.29, 0.717) is 35.4 Å². The fourth-order valence-electron chi connectivity index (χ4n) is 2.99. The first-order chi connectivity index (χ1) is 13.6. The van der Waals surface area contributed by atoms with Crippen LogP contribution in [0.1, 0.15) is 40.1 Å². The molecule has 1 unspecified atom stereocenters. The molecule has 150 valence electrons. The number of carbonyl (C=O) groups is 2. The van der Waals surface area contributed by atoms with Crippen LogP contribution >= 0.6 is 22.9 Å². The van der Waals surface area contributed by atoms with Crippen molar-refractivity contribution in [2.24, 2.45) is 0 Å². The fraction of sp³-hybridized carbons (Fsp3) is 0.444. The smallest absolute Gasteiger partial charge is 0.317 e. The van der Waals surface area contributed by atoms with E-state index >= 15 is 0 Å². The van der Waals surface area contributed by atoms with Gasteiger partial charge in [-0.05, 0) is 37.5 Å². The number of urea groups is 1. The molecular formula is C18H22ClN5O3S. The van der Waals surface area contributed by atoms with Gasteiger partial charge in [-0.25, -0.2) is 4.79 Å². The van der Waals surface area contributed by atoms with Gasteiger partial charge in [0.05, 0.1) is 6.04 Å². The van der Waals surface area contributed by atoms with Gasteiger partial charge in [-0.15, -0.1) is 10.2 Å². The largest absolute Gasteiger partial charge is 0.385 e. The number of methoxy groups -OCH3 is 1. The van der Waals surface area contributed by atoms with Crippen LogP contribution in [0.3, 0.4) is 0 Å². The fourth-order valence-corrected chi connectivity index (χ4v) is 4.07. The van der Waals surface area contributed by atoms with Gasteiger partial charge in [-0.2, -0.15) is 0 Å². The van der Waals surface area contributed by atoms with Crippen LogP contribution in [0, 0.1) is 0 Å². The van der Waals surface area contributed by atoms with Crippen molar-refractivity contribution in [2.45, 2.75) is 25.3 Å². The summed E-state index contributed by atoms with van der Waals surface area (Å²) in [6, 6.07) is 6.61. The number of anilines is 1. The Morgan fingerprint density at radius 1 is 1.39 bits per heavy atom. The summed E-state index contributed by atoms with van der Waals surface area (Å²) in [5, 5.41) is 15.3. The molecule has 1 fully saturated rings.